The summed E-state index contributed by atoms with van der Waals surface area (Å²) in [4.78, 5) is 0. The van der Waals surface area contributed by atoms with Crippen LogP contribution in [0.1, 0.15) is 19.8 Å². The van der Waals surface area contributed by atoms with Gasteiger partial charge in [0.25, 0.3) is 0 Å². The van der Waals surface area contributed by atoms with Gasteiger partial charge < -0.3 is 0 Å². The Hall–Kier alpha value is -1.08. The average molecular weight is 214 g/mol. The second kappa shape index (κ2) is 8.24. The molecule has 0 nitrogen and oxygen atoms in total. The summed E-state index contributed by atoms with van der Waals surface area (Å²) in [5.74, 6) is 0. The second-order valence-electron chi connectivity index (χ2n) is 3.36. The highest BCUT2D eigenvalue weighted by Gasteiger charge is 1.89. The summed E-state index contributed by atoms with van der Waals surface area (Å²) in [6.07, 6.45) is 11.2. The largest absolute Gasteiger partial charge is 0.0917 e. The Morgan fingerprint density at radius 1 is 1.00 bits per heavy atom. The van der Waals surface area contributed by atoms with E-state index in [0.717, 1.165) is 9.52 Å². The number of hydrogen-bond donors (Lipinski definition) is 0. The summed E-state index contributed by atoms with van der Waals surface area (Å²) in [6.45, 7) is 2.07. The van der Waals surface area contributed by atoms with E-state index >= 15 is 0 Å². The number of hydrogen-bond acceptors (Lipinski definition) is 0. The summed E-state index contributed by atoms with van der Waals surface area (Å²) in [6, 6.07) is 11.9. The van der Waals surface area contributed by atoms with Crippen molar-refractivity contribution >= 4 is 14.7 Å². The molecule has 78 valence electrons. The minimum Gasteiger partial charge on any atom is -0.0917 e. The van der Waals surface area contributed by atoms with Crippen molar-refractivity contribution in [3.63, 3.8) is 0 Å². The van der Waals surface area contributed by atoms with Gasteiger partial charge in [-0.15, -0.1) is 0 Å². The Kier molecular flexibility index (Phi) is 6.59. The van der Waals surface area contributed by atoms with Gasteiger partial charge in [-0.1, -0.05) is 59.8 Å². The fraction of sp³-hybridized carbons (Fsp3) is 0.286. The van der Waals surface area contributed by atoms with Crippen LogP contribution in [0, 0.1) is 0 Å². The Bertz CT molecular complexity index is 298. The molecule has 2 radical (unpaired) electrons. The summed E-state index contributed by atoms with van der Waals surface area (Å²) in [5, 5.41) is 1.45. The predicted octanol–water partition coefficient (Wildman–Crippen LogP) is 3.35. The third-order valence-corrected chi connectivity index (χ3v) is 3.28. The molecule has 0 heterocycles. The lowest BCUT2D eigenvalue weighted by atomic mass is 10.3. The van der Waals surface area contributed by atoms with Crippen LogP contribution in [0.4, 0.5) is 0 Å². The van der Waals surface area contributed by atoms with Crippen LogP contribution in [0.15, 0.2) is 54.6 Å². The molecule has 0 aliphatic rings. The van der Waals surface area contributed by atoms with E-state index in [9.17, 15) is 0 Å². The van der Waals surface area contributed by atoms with Gasteiger partial charge in [-0.2, -0.15) is 0 Å². The first-order chi connectivity index (χ1) is 7.43. The molecular weight excluding hydrogens is 196 g/mol. The van der Waals surface area contributed by atoms with Crippen molar-refractivity contribution in [3.05, 3.63) is 54.6 Å². The van der Waals surface area contributed by atoms with E-state index in [1.165, 1.54) is 24.1 Å². The summed E-state index contributed by atoms with van der Waals surface area (Å²) in [7, 11) is 0.912. The van der Waals surface area contributed by atoms with E-state index in [2.05, 4.69) is 61.6 Å². The molecule has 0 unspecified atom stereocenters. The molecule has 0 fully saturated rings. The first kappa shape index (κ1) is 12.0. The van der Waals surface area contributed by atoms with Crippen molar-refractivity contribution < 1.29 is 0 Å². The Labute approximate surface area is 95.5 Å². The standard InChI is InChI=1S/C14H18Si/c1-2-3-4-5-6-10-13-15-14-11-8-7-9-12-14/h2-3,6-12H,4-5,13H2,1H3/b3-2+,10-6+. The van der Waals surface area contributed by atoms with E-state index in [-0.39, 0.29) is 0 Å². The minimum atomic E-state index is 0.912. The molecule has 0 N–H and O–H groups in total. The van der Waals surface area contributed by atoms with Gasteiger partial charge >= 0.3 is 0 Å². The SMILES string of the molecule is C/C=C/CC/C=C/C[Si]c1ccccc1. The van der Waals surface area contributed by atoms with Crippen LogP contribution in [0.3, 0.4) is 0 Å². The Morgan fingerprint density at radius 2 is 1.73 bits per heavy atom. The topological polar surface area (TPSA) is 0 Å². The van der Waals surface area contributed by atoms with Gasteiger partial charge in [0.15, 0.2) is 0 Å². The van der Waals surface area contributed by atoms with E-state index in [1.54, 1.807) is 0 Å². The van der Waals surface area contributed by atoms with E-state index in [0.29, 0.717) is 0 Å². The average Bonchev–Trinajstić information content (AvgIpc) is 2.29. The smallest absolute Gasteiger partial charge is 0.0849 e. The molecule has 1 rings (SSSR count). The number of allylic oxidation sites excluding steroid dienone is 4. The van der Waals surface area contributed by atoms with Crippen LogP contribution < -0.4 is 5.19 Å². The zero-order valence-corrected chi connectivity index (χ0v) is 10.3. The van der Waals surface area contributed by atoms with Gasteiger partial charge in [-0.25, -0.2) is 0 Å². The molecule has 0 saturated heterocycles. The van der Waals surface area contributed by atoms with Crippen molar-refractivity contribution in [2.75, 3.05) is 0 Å². The highest BCUT2D eigenvalue weighted by molar-refractivity contribution is 6.53. The first-order valence-electron chi connectivity index (χ1n) is 5.48. The molecular formula is C14H18Si. The second-order valence-corrected chi connectivity index (χ2v) is 4.70. The van der Waals surface area contributed by atoms with Crippen molar-refractivity contribution in [1.29, 1.82) is 0 Å². The number of unbranched alkanes of at least 4 members (excludes halogenated alkanes) is 1. The normalized spacial score (nSPS) is 11.5. The molecule has 0 spiro atoms. The highest BCUT2D eigenvalue weighted by atomic mass is 28.2. The van der Waals surface area contributed by atoms with Gasteiger partial charge in [-0.05, 0) is 25.8 Å². The van der Waals surface area contributed by atoms with Gasteiger partial charge in [0, 0.05) is 0 Å². The molecule has 0 aliphatic carbocycles. The van der Waals surface area contributed by atoms with Crippen LogP contribution in [0.2, 0.25) is 6.04 Å². The highest BCUT2D eigenvalue weighted by Crippen LogP contribution is 1.94. The van der Waals surface area contributed by atoms with Crippen LogP contribution in [-0.4, -0.2) is 9.52 Å². The lowest BCUT2D eigenvalue weighted by molar-refractivity contribution is 1.05. The maximum Gasteiger partial charge on any atom is 0.0849 e. The van der Waals surface area contributed by atoms with Gasteiger partial charge in [-0.3, -0.25) is 0 Å². The number of rotatable bonds is 6. The fourth-order valence-corrected chi connectivity index (χ4v) is 2.24. The Morgan fingerprint density at radius 3 is 2.47 bits per heavy atom. The molecule has 1 aromatic rings. The molecule has 0 saturated carbocycles. The predicted molar refractivity (Wildman–Crippen MR) is 69.8 cm³/mol. The minimum absolute atomic E-state index is 0.912. The summed E-state index contributed by atoms with van der Waals surface area (Å²) in [5.41, 5.74) is 0. The van der Waals surface area contributed by atoms with Crippen LogP contribution >= 0.6 is 0 Å². The van der Waals surface area contributed by atoms with Gasteiger partial charge in [0.1, 0.15) is 0 Å². The summed E-state index contributed by atoms with van der Waals surface area (Å²) < 4.78 is 0. The fourth-order valence-electron chi connectivity index (χ4n) is 1.29. The van der Waals surface area contributed by atoms with E-state index < -0.39 is 0 Å². The van der Waals surface area contributed by atoms with Crippen molar-refractivity contribution in [2.45, 2.75) is 25.8 Å². The molecule has 15 heavy (non-hydrogen) atoms. The molecule has 1 aromatic carbocycles. The zero-order valence-electron chi connectivity index (χ0n) is 9.32. The number of benzene rings is 1. The van der Waals surface area contributed by atoms with Crippen molar-refractivity contribution in [2.24, 2.45) is 0 Å². The van der Waals surface area contributed by atoms with Crippen LogP contribution in [0.5, 0.6) is 0 Å². The van der Waals surface area contributed by atoms with E-state index in [1.807, 2.05) is 0 Å². The molecule has 0 aromatic heterocycles. The molecule has 1 heteroatoms. The van der Waals surface area contributed by atoms with Gasteiger partial charge in [0.2, 0.25) is 0 Å². The quantitative estimate of drug-likeness (QED) is 0.387. The lowest BCUT2D eigenvalue weighted by Gasteiger charge is -1.94. The molecule has 0 bridgehead atoms. The third-order valence-electron chi connectivity index (χ3n) is 2.10. The molecule has 0 atom stereocenters. The van der Waals surface area contributed by atoms with Crippen LogP contribution in [0.25, 0.3) is 0 Å². The zero-order chi connectivity index (χ0) is 10.8. The third kappa shape index (κ3) is 6.08. The maximum absolute atomic E-state index is 2.30. The molecule has 0 amide bonds. The lowest BCUT2D eigenvalue weighted by Crippen LogP contribution is -2.11. The monoisotopic (exact) mass is 214 g/mol. The van der Waals surface area contributed by atoms with E-state index in [4.69, 9.17) is 0 Å². The summed E-state index contributed by atoms with van der Waals surface area (Å²) >= 11 is 0. The Balaban J connectivity index is 2.11. The van der Waals surface area contributed by atoms with Crippen LogP contribution in [-0.2, 0) is 0 Å². The van der Waals surface area contributed by atoms with Gasteiger partial charge in [0.05, 0.1) is 9.52 Å². The maximum atomic E-state index is 2.30. The van der Waals surface area contributed by atoms with Crippen molar-refractivity contribution in [3.8, 4) is 0 Å². The molecule has 0 aliphatic heterocycles. The first-order valence-corrected chi connectivity index (χ1v) is 6.69. The van der Waals surface area contributed by atoms with Crippen molar-refractivity contribution in [1.82, 2.24) is 0 Å².